The van der Waals surface area contributed by atoms with Crippen LogP contribution in [0.1, 0.15) is 48.0 Å². The fourth-order valence-electron chi connectivity index (χ4n) is 5.17. The number of urea groups is 2. The predicted molar refractivity (Wildman–Crippen MR) is 151 cm³/mol. The molecule has 0 saturated carbocycles. The van der Waals surface area contributed by atoms with Crippen LogP contribution < -0.4 is 20.7 Å². The number of likely N-dealkylation sites (tertiary alicyclic amines) is 2. The first-order valence-electron chi connectivity index (χ1n) is 13.6. The highest BCUT2D eigenvalue weighted by molar-refractivity contribution is 6.02. The molecule has 0 spiro atoms. The predicted octanol–water partition coefficient (Wildman–Crippen LogP) is 4.15. The molecule has 2 aliphatic rings. The SMILES string of the molecule is COc1cc(C(=O)N2CCCCC(NC(=O)N3CCCC(C(=O)O)C3)C2)ccc1NC(=O)Nc1ccccc1C. The quantitative estimate of drug-likeness (QED) is 0.425. The Balaban J connectivity index is 1.39. The first-order valence-corrected chi connectivity index (χ1v) is 13.6. The van der Waals surface area contributed by atoms with Gasteiger partial charge in [-0.3, -0.25) is 9.59 Å². The number of amides is 5. The summed E-state index contributed by atoms with van der Waals surface area (Å²) in [5.74, 6) is -1.28. The van der Waals surface area contributed by atoms with Crippen molar-refractivity contribution < 1.29 is 29.0 Å². The molecule has 40 heavy (non-hydrogen) atoms. The van der Waals surface area contributed by atoms with Crippen molar-refractivity contribution in [3.63, 3.8) is 0 Å². The van der Waals surface area contributed by atoms with Gasteiger partial charge in [0.15, 0.2) is 0 Å². The number of carbonyl (C=O) groups is 4. The number of carboxylic acids is 1. The minimum atomic E-state index is -0.882. The number of anilines is 2. The van der Waals surface area contributed by atoms with Gasteiger partial charge >= 0.3 is 18.0 Å². The number of hydrogen-bond donors (Lipinski definition) is 4. The van der Waals surface area contributed by atoms with Gasteiger partial charge in [0, 0.05) is 43.5 Å². The lowest BCUT2D eigenvalue weighted by atomic mass is 9.98. The lowest BCUT2D eigenvalue weighted by Crippen LogP contribution is -2.52. The molecule has 0 bridgehead atoms. The maximum Gasteiger partial charge on any atom is 0.323 e. The van der Waals surface area contributed by atoms with E-state index >= 15 is 0 Å². The molecule has 2 heterocycles. The summed E-state index contributed by atoms with van der Waals surface area (Å²) in [5.41, 5.74) is 2.45. The monoisotopic (exact) mass is 551 g/mol. The molecular weight excluding hydrogens is 514 g/mol. The third kappa shape index (κ3) is 7.22. The van der Waals surface area contributed by atoms with Crippen molar-refractivity contribution in [3.05, 3.63) is 53.6 Å². The van der Waals surface area contributed by atoms with E-state index in [4.69, 9.17) is 4.74 Å². The van der Waals surface area contributed by atoms with E-state index in [0.717, 1.165) is 24.8 Å². The molecule has 0 aliphatic carbocycles. The lowest BCUT2D eigenvalue weighted by Gasteiger charge is -2.33. The molecule has 2 unspecified atom stereocenters. The summed E-state index contributed by atoms with van der Waals surface area (Å²) in [6, 6.07) is 11.4. The molecular formula is C29H37N5O6. The Morgan fingerprint density at radius 1 is 0.900 bits per heavy atom. The Kier molecular flexibility index (Phi) is 9.47. The van der Waals surface area contributed by atoms with Gasteiger partial charge in [-0.05, 0) is 68.9 Å². The molecule has 0 aromatic heterocycles. The molecule has 5 amide bonds. The van der Waals surface area contributed by atoms with Crippen LogP contribution in [-0.4, -0.2) is 78.2 Å². The van der Waals surface area contributed by atoms with E-state index in [-0.39, 0.29) is 24.5 Å². The fourth-order valence-corrected chi connectivity index (χ4v) is 5.17. The van der Waals surface area contributed by atoms with E-state index in [1.807, 2.05) is 31.2 Å². The number of carbonyl (C=O) groups excluding carboxylic acids is 3. The number of hydrogen-bond acceptors (Lipinski definition) is 5. The van der Waals surface area contributed by atoms with E-state index in [1.165, 1.54) is 7.11 Å². The molecule has 4 N–H and O–H groups in total. The Labute approximate surface area is 233 Å². The Bertz CT molecular complexity index is 1250. The highest BCUT2D eigenvalue weighted by Gasteiger charge is 2.30. The van der Waals surface area contributed by atoms with Crippen molar-refractivity contribution in [3.8, 4) is 5.75 Å². The number of ether oxygens (including phenoxy) is 1. The second-order valence-corrected chi connectivity index (χ2v) is 10.3. The van der Waals surface area contributed by atoms with Gasteiger partial charge in [-0.2, -0.15) is 0 Å². The maximum atomic E-state index is 13.5. The molecule has 0 radical (unpaired) electrons. The van der Waals surface area contributed by atoms with Gasteiger partial charge in [0.1, 0.15) is 5.75 Å². The number of aryl methyl sites for hydroxylation is 1. The van der Waals surface area contributed by atoms with E-state index in [1.54, 1.807) is 28.0 Å². The lowest BCUT2D eigenvalue weighted by molar-refractivity contribution is -0.143. The van der Waals surface area contributed by atoms with Crippen LogP contribution in [0.25, 0.3) is 0 Å². The van der Waals surface area contributed by atoms with E-state index in [0.29, 0.717) is 55.2 Å². The first-order chi connectivity index (χ1) is 19.2. The number of aliphatic carboxylic acids is 1. The fraction of sp³-hybridized carbons (Fsp3) is 0.448. The zero-order valence-corrected chi connectivity index (χ0v) is 22.9. The third-order valence-electron chi connectivity index (χ3n) is 7.43. The van der Waals surface area contributed by atoms with Gasteiger partial charge in [0.2, 0.25) is 0 Å². The summed E-state index contributed by atoms with van der Waals surface area (Å²) in [7, 11) is 1.47. The number of benzene rings is 2. The minimum Gasteiger partial charge on any atom is -0.495 e. The van der Waals surface area contributed by atoms with Crippen LogP contribution in [0.5, 0.6) is 5.75 Å². The van der Waals surface area contributed by atoms with E-state index in [2.05, 4.69) is 16.0 Å². The van der Waals surface area contributed by atoms with E-state index < -0.39 is 17.9 Å². The number of piperidine rings is 1. The number of nitrogens with one attached hydrogen (secondary N) is 3. The van der Waals surface area contributed by atoms with Crippen molar-refractivity contribution >= 4 is 35.3 Å². The largest absolute Gasteiger partial charge is 0.495 e. The summed E-state index contributed by atoms with van der Waals surface area (Å²) < 4.78 is 5.47. The Hall–Kier alpha value is -4.28. The molecule has 2 atom stereocenters. The zero-order valence-electron chi connectivity index (χ0n) is 22.9. The summed E-state index contributed by atoms with van der Waals surface area (Å²) >= 11 is 0. The summed E-state index contributed by atoms with van der Waals surface area (Å²) in [5, 5.41) is 17.9. The summed E-state index contributed by atoms with van der Waals surface area (Å²) in [6.45, 7) is 3.52. The summed E-state index contributed by atoms with van der Waals surface area (Å²) in [4.78, 5) is 53.6. The second kappa shape index (κ2) is 13.2. The summed E-state index contributed by atoms with van der Waals surface area (Å²) in [6.07, 6.45) is 3.61. The van der Waals surface area contributed by atoms with E-state index in [9.17, 15) is 24.3 Å². The van der Waals surface area contributed by atoms with Gasteiger partial charge in [-0.15, -0.1) is 0 Å². The van der Waals surface area contributed by atoms with Gasteiger partial charge in [-0.25, -0.2) is 9.59 Å². The molecule has 11 heteroatoms. The van der Waals surface area contributed by atoms with Gasteiger partial charge in [0.05, 0.1) is 18.7 Å². The normalized spacial score (nSPS) is 19.2. The van der Waals surface area contributed by atoms with Crippen molar-refractivity contribution in [1.29, 1.82) is 0 Å². The van der Waals surface area contributed by atoms with Crippen LogP contribution in [0.2, 0.25) is 0 Å². The first kappa shape index (κ1) is 28.7. The molecule has 2 saturated heterocycles. The highest BCUT2D eigenvalue weighted by atomic mass is 16.5. The third-order valence-corrected chi connectivity index (χ3v) is 7.43. The van der Waals surface area contributed by atoms with Gasteiger partial charge in [-0.1, -0.05) is 18.2 Å². The van der Waals surface area contributed by atoms with Crippen molar-refractivity contribution in [2.75, 3.05) is 43.9 Å². The molecule has 214 valence electrons. The standard InChI is InChI=1S/C29H37N5O6/c1-19-8-3-4-11-23(19)31-28(38)32-24-13-12-20(16-25(24)40-2)26(35)33-14-6-5-10-22(18-33)30-29(39)34-15-7-9-21(17-34)27(36)37/h3-4,8,11-13,16,21-22H,5-7,9-10,14-15,17-18H2,1-2H3,(H,30,39)(H,36,37)(H2,31,32,38). The average molecular weight is 552 g/mol. The number of rotatable bonds is 6. The highest BCUT2D eigenvalue weighted by Crippen LogP contribution is 2.27. The van der Waals surface area contributed by atoms with Gasteiger partial charge in [0.25, 0.3) is 5.91 Å². The number of methoxy groups -OCH3 is 1. The second-order valence-electron chi connectivity index (χ2n) is 10.3. The van der Waals surface area contributed by atoms with Crippen LogP contribution in [0.4, 0.5) is 21.0 Å². The van der Waals surface area contributed by atoms with Crippen LogP contribution in [0.15, 0.2) is 42.5 Å². The average Bonchev–Trinajstić information content (AvgIpc) is 3.19. The van der Waals surface area contributed by atoms with Crippen molar-refractivity contribution in [2.45, 2.75) is 45.1 Å². The van der Waals surface area contributed by atoms with Crippen LogP contribution in [-0.2, 0) is 4.79 Å². The van der Waals surface area contributed by atoms with Crippen molar-refractivity contribution in [1.82, 2.24) is 15.1 Å². The van der Waals surface area contributed by atoms with Crippen LogP contribution in [0.3, 0.4) is 0 Å². The maximum absolute atomic E-state index is 13.5. The number of nitrogens with zero attached hydrogens (tertiary/aromatic N) is 2. The molecule has 11 nitrogen and oxygen atoms in total. The van der Waals surface area contributed by atoms with Gasteiger partial charge < -0.3 is 35.6 Å². The zero-order chi connectivity index (χ0) is 28.6. The molecule has 2 aromatic carbocycles. The molecule has 4 rings (SSSR count). The Morgan fingerprint density at radius 3 is 2.40 bits per heavy atom. The topological polar surface area (TPSA) is 140 Å². The molecule has 2 aromatic rings. The smallest absolute Gasteiger partial charge is 0.323 e. The number of carboxylic acid groups (broad SMARTS) is 1. The number of para-hydroxylation sites is 1. The minimum absolute atomic E-state index is 0.194. The van der Waals surface area contributed by atoms with Crippen molar-refractivity contribution in [2.24, 2.45) is 5.92 Å². The molecule has 2 aliphatic heterocycles. The van der Waals surface area contributed by atoms with Crippen LogP contribution in [0, 0.1) is 12.8 Å². The van der Waals surface area contributed by atoms with Crippen LogP contribution >= 0.6 is 0 Å². The Morgan fingerprint density at radius 2 is 1.65 bits per heavy atom. The molecule has 2 fully saturated rings.